The monoisotopic (exact) mass is 565 g/mol. The Morgan fingerprint density at radius 3 is 2.50 bits per heavy atom. The Kier molecular flexibility index (Phi) is 5.32. The summed E-state index contributed by atoms with van der Waals surface area (Å²) >= 11 is 2.30. The van der Waals surface area contributed by atoms with Crippen molar-refractivity contribution in [3.05, 3.63) is 92.6 Å². The van der Waals surface area contributed by atoms with E-state index in [-0.39, 0.29) is 5.82 Å². The second-order valence-corrected chi connectivity index (χ2v) is 10.3. The molecule has 0 bridgehead atoms. The van der Waals surface area contributed by atoms with Crippen LogP contribution in [0.5, 0.6) is 0 Å². The number of rotatable bonds is 4. The van der Waals surface area contributed by atoms with E-state index in [0.717, 1.165) is 58.2 Å². The largest absolute Gasteiger partial charge is 0.372 e. The highest BCUT2D eigenvalue weighted by Crippen LogP contribution is 2.36. The van der Waals surface area contributed by atoms with Gasteiger partial charge in [-0.15, -0.1) is 5.10 Å². The van der Waals surface area contributed by atoms with E-state index in [0.29, 0.717) is 5.92 Å². The lowest BCUT2D eigenvalue weighted by molar-refractivity contribution is 0.365. The molecule has 172 valence electrons. The van der Waals surface area contributed by atoms with Gasteiger partial charge in [-0.2, -0.15) is 0 Å². The van der Waals surface area contributed by atoms with Crippen molar-refractivity contribution in [2.45, 2.75) is 20.4 Å². The molecule has 4 heterocycles. The summed E-state index contributed by atoms with van der Waals surface area (Å²) in [5, 5.41) is 5.05. The van der Waals surface area contributed by atoms with E-state index < -0.39 is 0 Å². The summed E-state index contributed by atoms with van der Waals surface area (Å²) in [6, 6.07) is 17.2. The summed E-state index contributed by atoms with van der Waals surface area (Å²) in [6.07, 6.45) is 2.35. The molecule has 0 saturated carbocycles. The molecule has 0 radical (unpaired) electrons. The number of anilines is 1. The minimum absolute atomic E-state index is 0.244. The van der Waals surface area contributed by atoms with Gasteiger partial charge in [-0.25, -0.2) is 13.9 Å². The van der Waals surface area contributed by atoms with Gasteiger partial charge in [-0.3, -0.25) is 0 Å². The highest BCUT2D eigenvalue weighted by atomic mass is 127. The van der Waals surface area contributed by atoms with E-state index >= 15 is 0 Å². The maximum absolute atomic E-state index is 13.4. The lowest BCUT2D eigenvalue weighted by Gasteiger charge is -2.23. The van der Waals surface area contributed by atoms with E-state index in [1.807, 2.05) is 4.52 Å². The zero-order valence-electron chi connectivity index (χ0n) is 19.2. The number of hydrogen-bond donors (Lipinski definition) is 0. The standard InChI is InChI=1S/C27H25FIN5/c1-17-18(2)27(31-34-25(29)24(30-26(17)34)20-8-10-23(28)11-9-20)33-15-21-13-32(14-22(21)16-33)12-19-6-4-3-5-7-19/h3-11,13,22H,12,14-16H2,1-2H3. The first kappa shape index (κ1) is 21.6. The second-order valence-electron chi connectivity index (χ2n) is 9.26. The fraction of sp³-hybridized carbons (Fsp3) is 0.259. The third-order valence-electron chi connectivity index (χ3n) is 7.02. The van der Waals surface area contributed by atoms with Crippen LogP contribution in [0, 0.1) is 29.3 Å². The molecule has 2 aromatic heterocycles. The van der Waals surface area contributed by atoms with Crippen LogP contribution in [0.15, 0.2) is 66.4 Å². The first-order valence-corrected chi connectivity index (χ1v) is 12.6. The number of aromatic nitrogens is 3. The van der Waals surface area contributed by atoms with Crippen molar-refractivity contribution in [1.29, 1.82) is 0 Å². The SMILES string of the molecule is Cc1c(N2CC3=CN(Cc4ccccc4)CC3C2)nn2c(I)c(-c3ccc(F)cc3)nc2c1C. The van der Waals surface area contributed by atoms with E-state index in [1.165, 1.54) is 28.8 Å². The van der Waals surface area contributed by atoms with E-state index in [9.17, 15) is 4.39 Å². The summed E-state index contributed by atoms with van der Waals surface area (Å²) in [6.45, 7) is 8.16. The Bertz CT molecular complexity index is 1410. The molecule has 0 N–H and O–H groups in total. The molecule has 1 fully saturated rings. The number of halogens is 2. The van der Waals surface area contributed by atoms with Crippen LogP contribution >= 0.6 is 22.6 Å². The van der Waals surface area contributed by atoms with Gasteiger partial charge in [0.1, 0.15) is 15.2 Å². The number of benzene rings is 2. The van der Waals surface area contributed by atoms with Crippen molar-refractivity contribution < 1.29 is 4.39 Å². The smallest absolute Gasteiger partial charge is 0.158 e. The van der Waals surface area contributed by atoms with Crippen LogP contribution in [0.1, 0.15) is 16.7 Å². The molecule has 0 spiro atoms. The summed E-state index contributed by atoms with van der Waals surface area (Å²) < 4.78 is 16.3. The first-order chi connectivity index (χ1) is 16.5. The van der Waals surface area contributed by atoms with Gasteiger partial charge in [0.15, 0.2) is 11.5 Å². The molecule has 4 aromatic rings. The zero-order valence-corrected chi connectivity index (χ0v) is 21.3. The average Bonchev–Trinajstić information content (AvgIpc) is 3.49. The fourth-order valence-corrected chi connectivity index (χ4v) is 5.87. The molecular weight excluding hydrogens is 540 g/mol. The Labute approximate surface area is 212 Å². The fourth-order valence-electron chi connectivity index (χ4n) is 5.10. The van der Waals surface area contributed by atoms with Crippen LogP contribution in [0.4, 0.5) is 10.2 Å². The number of hydrogen-bond acceptors (Lipinski definition) is 4. The van der Waals surface area contributed by atoms with Crippen LogP contribution in [0.3, 0.4) is 0 Å². The molecule has 5 nitrogen and oxygen atoms in total. The lowest BCUT2D eigenvalue weighted by Crippen LogP contribution is -2.27. The van der Waals surface area contributed by atoms with Gasteiger partial charge in [-0.1, -0.05) is 30.3 Å². The Morgan fingerprint density at radius 2 is 1.76 bits per heavy atom. The summed E-state index contributed by atoms with van der Waals surface area (Å²) in [7, 11) is 0. The van der Waals surface area contributed by atoms with Gasteiger partial charge < -0.3 is 9.80 Å². The van der Waals surface area contributed by atoms with Crippen LogP contribution in [-0.2, 0) is 6.54 Å². The lowest BCUT2D eigenvalue weighted by atomic mass is 10.1. The molecule has 2 aliphatic rings. The second kappa shape index (κ2) is 8.37. The van der Waals surface area contributed by atoms with Crippen molar-refractivity contribution in [1.82, 2.24) is 19.5 Å². The highest BCUT2D eigenvalue weighted by molar-refractivity contribution is 14.1. The van der Waals surface area contributed by atoms with Crippen molar-refractivity contribution >= 4 is 34.1 Å². The molecule has 6 rings (SSSR count). The third kappa shape index (κ3) is 3.66. The Balaban J connectivity index is 1.30. The first-order valence-electron chi connectivity index (χ1n) is 11.5. The molecule has 0 aliphatic carbocycles. The van der Waals surface area contributed by atoms with E-state index in [1.54, 1.807) is 12.1 Å². The zero-order chi connectivity index (χ0) is 23.4. The van der Waals surface area contributed by atoms with Crippen molar-refractivity contribution in [3.63, 3.8) is 0 Å². The molecule has 2 aliphatic heterocycles. The van der Waals surface area contributed by atoms with Crippen molar-refractivity contribution in [2.24, 2.45) is 5.92 Å². The van der Waals surface area contributed by atoms with E-state index in [4.69, 9.17) is 10.1 Å². The van der Waals surface area contributed by atoms with Crippen LogP contribution < -0.4 is 4.90 Å². The number of fused-ring (bicyclic) bond motifs is 2. The van der Waals surface area contributed by atoms with Gasteiger partial charge in [-0.05, 0) is 71.8 Å². The van der Waals surface area contributed by atoms with Crippen LogP contribution in [0.25, 0.3) is 16.9 Å². The number of imidazole rings is 1. The summed E-state index contributed by atoms with van der Waals surface area (Å²) in [5.41, 5.74) is 7.73. The minimum Gasteiger partial charge on any atom is -0.372 e. The highest BCUT2D eigenvalue weighted by Gasteiger charge is 2.35. The quantitative estimate of drug-likeness (QED) is 0.303. The van der Waals surface area contributed by atoms with Crippen molar-refractivity contribution in [2.75, 3.05) is 24.5 Å². The maximum atomic E-state index is 13.4. The normalized spacial score (nSPS) is 17.5. The molecular formula is C27H25FIN5. The van der Waals surface area contributed by atoms with Crippen LogP contribution in [0.2, 0.25) is 0 Å². The topological polar surface area (TPSA) is 36.7 Å². The third-order valence-corrected chi connectivity index (χ3v) is 7.98. The predicted octanol–water partition coefficient (Wildman–Crippen LogP) is 5.59. The maximum Gasteiger partial charge on any atom is 0.158 e. The molecule has 34 heavy (non-hydrogen) atoms. The molecule has 1 atom stereocenters. The summed E-state index contributed by atoms with van der Waals surface area (Å²) in [5.74, 6) is 1.32. The average molecular weight is 565 g/mol. The molecule has 1 saturated heterocycles. The van der Waals surface area contributed by atoms with Crippen LogP contribution in [-0.4, -0.2) is 39.1 Å². The minimum atomic E-state index is -0.244. The Hall–Kier alpha value is -2.94. The van der Waals surface area contributed by atoms with E-state index in [2.05, 4.69) is 82.8 Å². The number of nitrogens with zero attached hydrogens (tertiary/aromatic N) is 5. The Morgan fingerprint density at radius 1 is 1.00 bits per heavy atom. The number of aryl methyl sites for hydroxylation is 1. The molecule has 2 aromatic carbocycles. The van der Waals surface area contributed by atoms with Gasteiger partial charge in [0, 0.05) is 55.0 Å². The van der Waals surface area contributed by atoms with Gasteiger partial charge in [0.25, 0.3) is 0 Å². The van der Waals surface area contributed by atoms with Gasteiger partial charge >= 0.3 is 0 Å². The van der Waals surface area contributed by atoms with Gasteiger partial charge in [0.05, 0.1) is 0 Å². The molecule has 0 amide bonds. The van der Waals surface area contributed by atoms with Crippen molar-refractivity contribution in [3.8, 4) is 11.3 Å². The predicted molar refractivity (Wildman–Crippen MR) is 141 cm³/mol. The molecule has 7 heteroatoms. The van der Waals surface area contributed by atoms with Gasteiger partial charge in [0.2, 0.25) is 0 Å². The summed E-state index contributed by atoms with van der Waals surface area (Å²) in [4.78, 5) is 9.73. The molecule has 1 unspecified atom stereocenters.